The highest BCUT2D eigenvalue weighted by Gasteiger charge is 2.32. The molecule has 1 heterocycles. The van der Waals surface area contributed by atoms with Crippen LogP contribution in [0, 0.1) is 12.5 Å². The first-order chi connectivity index (χ1) is 17.9. The number of terminal acetylenes is 1. The highest BCUT2D eigenvalue weighted by atomic mass is 32.2. The number of nitrogens with zero attached hydrogens (tertiary/aromatic N) is 3. The quantitative estimate of drug-likeness (QED) is 0.199. The van der Waals surface area contributed by atoms with Crippen LogP contribution in [0.4, 0.5) is 0 Å². The Morgan fingerprint density at radius 2 is 2.16 bits per heavy atom. The van der Waals surface area contributed by atoms with Gasteiger partial charge in [-0.25, -0.2) is 4.21 Å². The van der Waals surface area contributed by atoms with Crippen LogP contribution in [0.25, 0.3) is 11.3 Å². The van der Waals surface area contributed by atoms with Gasteiger partial charge in [0, 0.05) is 43.4 Å². The number of nitrogens with one attached hydrogen (secondary N) is 1. The number of amidine groups is 1. The van der Waals surface area contributed by atoms with Crippen LogP contribution in [0.2, 0.25) is 0 Å². The molecule has 6 nitrogen and oxygen atoms in total. The van der Waals surface area contributed by atoms with Crippen molar-refractivity contribution in [3.05, 3.63) is 84.1 Å². The lowest BCUT2D eigenvalue weighted by Gasteiger charge is -2.32. The van der Waals surface area contributed by atoms with Gasteiger partial charge in [0.15, 0.2) is 11.1 Å². The van der Waals surface area contributed by atoms with E-state index in [2.05, 4.69) is 42.2 Å². The third-order valence-corrected chi connectivity index (χ3v) is 6.54. The smallest absolute Gasteiger partial charge is 0.152 e. The molecule has 7 heteroatoms. The zero-order chi connectivity index (χ0) is 26.8. The normalized spacial score (nSPS) is 22.3. The van der Waals surface area contributed by atoms with Crippen LogP contribution < -0.4 is 5.32 Å². The molecule has 1 atom stereocenters. The van der Waals surface area contributed by atoms with E-state index in [9.17, 15) is 4.21 Å². The van der Waals surface area contributed by atoms with E-state index in [1.807, 2.05) is 51.4 Å². The molecule has 0 bridgehead atoms. The Morgan fingerprint density at radius 3 is 2.81 bits per heavy atom. The van der Waals surface area contributed by atoms with Gasteiger partial charge in [0.05, 0.1) is 17.9 Å². The second-order valence-electron chi connectivity index (χ2n) is 8.79. The first-order valence-electron chi connectivity index (χ1n) is 12.5. The molecule has 1 fully saturated rings. The molecule has 0 saturated heterocycles. The molecule has 1 saturated carbocycles. The summed E-state index contributed by atoms with van der Waals surface area (Å²) in [5, 5.41) is 3.61. The average Bonchev–Trinajstić information content (AvgIpc) is 3.08. The monoisotopic (exact) mass is 516 g/mol. The van der Waals surface area contributed by atoms with Gasteiger partial charge in [-0.3, -0.25) is 14.2 Å². The minimum atomic E-state index is -1.27. The Bertz CT molecular complexity index is 1240. The Balaban J connectivity index is 1.95. The zero-order valence-electron chi connectivity index (χ0n) is 22.1. The Labute approximate surface area is 224 Å². The summed E-state index contributed by atoms with van der Waals surface area (Å²) in [6.45, 7) is 8.66. The van der Waals surface area contributed by atoms with E-state index in [-0.39, 0.29) is 12.1 Å². The molecule has 0 radical (unpaired) electrons. The van der Waals surface area contributed by atoms with E-state index < -0.39 is 11.1 Å². The van der Waals surface area contributed by atoms with Crippen LogP contribution in [-0.2, 0) is 15.3 Å². The van der Waals surface area contributed by atoms with Crippen LogP contribution in [0.5, 0.6) is 0 Å². The van der Waals surface area contributed by atoms with E-state index in [1.165, 1.54) is 0 Å². The standard InChI is InChI=1S/C30H36N4O2S/c1-7-13-29(31-9-3)27-16-12-17-28(33-30(27)32-25-19-26(20-25)36-37(6)35)24-15-11-14-23(18-24)22(8-2)21-34(5)10-4/h4,7-8,11,13-18,21,25-26H,2,9,12,19-20H2,1,3,5-6H3,(H,32,33)/b13-7-,22-21+,31-29?. The largest absolute Gasteiger partial charge is 0.340 e. The van der Waals surface area contributed by atoms with Gasteiger partial charge in [-0.2, -0.15) is 0 Å². The summed E-state index contributed by atoms with van der Waals surface area (Å²) in [5.41, 5.74) is 5.83. The van der Waals surface area contributed by atoms with Crippen molar-refractivity contribution in [2.45, 2.75) is 45.3 Å². The third kappa shape index (κ3) is 7.75. The van der Waals surface area contributed by atoms with Crippen molar-refractivity contribution in [1.29, 1.82) is 0 Å². The first-order valence-corrected chi connectivity index (χ1v) is 13.9. The molecule has 1 aliphatic carbocycles. The minimum absolute atomic E-state index is 0.0188. The van der Waals surface area contributed by atoms with Crippen LogP contribution in [-0.4, -0.2) is 52.7 Å². The van der Waals surface area contributed by atoms with Gasteiger partial charge in [0.1, 0.15) is 5.84 Å². The van der Waals surface area contributed by atoms with Gasteiger partial charge >= 0.3 is 0 Å². The predicted molar refractivity (Wildman–Crippen MR) is 157 cm³/mol. The van der Waals surface area contributed by atoms with Crippen LogP contribution in [0.1, 0.15) is 44.2 Å². The SMILES string of the molecule is C#CN(C)/C=C(\C=C)c1cccc(C2=CCC=C(C(/C=C\C)=NCC)C(=NC3CC(OS(C)=O)C3)N2)c1. The molecular formula is C30H36N4O2S. The summed E-state index contributed by atoms with van der Waals surface area (Å²) in [6, 6.07) is 10.9. The van der Waals surface area contributed by atoms with E-state index in [0.29, 0.717) is 6.54 Å². The second-order valence-corrected chi connectivity index (χ2v) is 9.78. The van der Waals surface area contributed by atoms with Gasteiger partial charge in [-0.05, 0) is 62.0 Å². The van der Waals surface area contributed by atoms with Crippen molar-refractivity contribution in [3.8, 4) is 12.5 Å². The number of allylic oxidation sites excluding steroid dienone is 6. The maximum absolute atomic E-state index is 11.4. The predicted octanol–water partition coefficient (Wildman–Crippen LogP) is 5.27. The molecule has 0 amide bonds. The van der Waals surface area contributed by atoms with Crippen molar-refractivity contribution in [2.24, 2.45) is 9.98 Å². The van der Waals surface area contributed by atoms with Crippen LogP contribution >= 0.6 is 0 Å². The number of aliphatic imine (C=N–C) groups is 2. The van der Waals surface area contributed by atoms with Crippen molar-refractivity contribution in [3.63, 3.8) is 0 Å². The average molecular weight is 517 g/mol. The van der Waals surface area contributed by atoms with E-state index >= 15 is 0 Å². The van der Waals surface area contributed by atoms with Crippen LogP contribution in [0.15, 0.2) is 83.0 Å². The summed E-state index contributed by atoms with van der Waals surface area (Å²) < 4.78 is 16.9. The lowest BCUT2D eigenvalue weighted by molar-refractivity contribution is 0.118. The zero-order valence-corrected chi connectivity index (χ0v) is 22.9. The van der Waals surface area contributed by atoms with Crippen molar-refractivity contribution in [2.75, 3.05) is 19.8 Å². The minimum Gasteiger partial charge on any atom is -0.340 e. The molecule has 1 N–H and O–H groups in total. The van der Waals surface area contributed by atoms with Gasteiger partial charge in [0.25, 0.3) is 0 Å². The molecule has 0 aromatic heterocycles. The molecule has 1 aromatic carbocycles. The maximum atomic E-state index is 11.4. The van der Waals surface area contributed by atoms with Gasteiger partial charge in [0.2, 0.25) is 0 Å². The summed E-state index contributed by atoms with van der Waals surface area (Å²) in [7, 11) is 1.83. The Hall–Kier alpha value is -3.47. The van der Waals surface area contributed by atoms with Crippen molar-refractivity contribution >= 4 is 33.9 Å². The van der Waals surface area contributed by atoms with Crippen molar-refractivity contribution in [1.82, 2.24) is 10.2 Å². The topological polar surface area (TPSA) is 66.3 Å². The van der Waals surface area contributed by atoms with E-state index in [4.69, 9.17) is 20.6 Å². The number of rotatable bonds is 10. The maximum Gasteiger partial charge on any atom is 0.152 e. The molecule has 3 rings (SSSR count). The molecule has 0 spiro atoms. The second kappa shape index (κ2) is 13.7. The van der Waals surface area contributed by atoms with Crippen LogP contribution in [0.3, 0.4) is 0 Å². The summed E-state index contributed by atoms with van der Waals surface area (Å²) >= 11 is -1.27. The molecule has 1 unspecified atom stereocenters. The fourth-order valence-corrected chi connectivity index (χ4v) is 4.70. The number of hydrogen-bond donors (Lipinski definition) is 1. The summed E-state index contributed by atoms with van der Waals surface area (Å²) in [5.74, 6) is 0.784. The van der Waals surface area contributed by atoms with Crippen molar-refractivity contribution < 1.29 is 8.39 Å². The highest BCUT2D eigenvalue weighted by molar-refractivity contribution is 7.79. The molecule has 37 heavy (non-hydrogen) atoms. The lowest BCUT2D eigenvalue weighted by atomic mass is 9.90. The Kier molecular flexibility index (Phi) is 10.4. The van der Waals surface area contributed by atoms with E-state index in [1.54, 1.807) is 17.2 Å². The number of hydrogen-bond acceptors (Lipinski definition) is 5. The first kappa shape index (κ1) is 28.1. The fraction of sp³-hybridized carbons (Fsp3) is 0.333. The number of benzene rings is 1. The summed E-state index contributed by atoms with van der Waals surface area (Å²) in [6.07, 6.45) is 21.3. The lowest BCUT2D eigenvalue weighted by Crippen LogP contribution is -2.37. The Morgan fingerprint density at radius 1 is 1.38 bits per heavy atom. The molecule has 1 aromatic rings. The third-order valence-electron chi connectivity index (χ3n) is 6.00. The van der Waals surface area contributed by atoms with Gasteiger partial charge in [-0.15, -0.1) is 0 Å². The molecular weight excluding hydrogens is 480 g/mol. The van der Waals surface area contributed by atoms with E-state index in [0.717, 1.165) is 58.8 Å². The van der Waals surface area contributed by atoms with Gasteiger partial charge in [-0.1, -0.05) is 55.5 Å². The molecule has 2 aliphatic rings. The molecule has 194 valence electrons. The fourth-order valence-electron chi connectivity index (χ4n) is 4.16. The molecule has 1 aliphatic heterocycles. The van der Waals surface area contributed by atoms with Gasteiger partial charge < -0.3 is 10.2 Å². The highest BCUT2D eigenvalue weighted by Crippen LogP contribution is 2.29. The summed E-state index contributed by atoms with van der Waals surface area (Å²) in [4.78, 5) is 11.5.